The molecule has 16 heavy (non-hydrogen) atoms. The molecule has 1 aromatic heterocycles. The smallest absolute Gasteiger partial charge is 0.112 e. The Hall–Kier alpha value is -1.32. The first kappa shape index (κ1) is 11.2. The van der Waals surface area contributed by atoms with Crippen LogP contribution in [0.4, 0.5) is 0 Å². The van der Waals surface area contributed by atoms with Crippen LogP contribution in [0.15, 0.2) is 30.6 Å². The van der Waals surface area contributed by atoms with E-state index in [1.165, 1.54) is 0 Å². The molecule has 0 radical (unpaired) electrons. The predicted molar refractivity (Wildman–Crippen MR) is 65.8 cm³/mol. The molecule has 2 N–H and O–H groups in total. The maximum absolute atomic E-state index is 5.95. The number of aromatic nitrogens is 2. The first-order valence-electron chi connectivity index (χ1n) is 5.27. The van der Waals surface area contributed by atoms with Gasteiger partial charge in [0.25, 0.3) is 0 Å². The second-order valence-corrected chi connectivity index (χ2v) is 3.98. The third-order valence-electron chi connectivity index (χ3n) is 2.55. The summed E-state index contributed by atoms with van der Waals surface area (Å²) >= 11 is 5.95. The maximum Gasteiger partial charge on any atom is 0.112 e. The number of benzene rings is 1. The Morgan fingerprint density at radius 1 is 1.44 bits per heavy atom. The molecule has 0 unspecified atom stereocenters. The van der Waals surface area contributed by atoms with Crippen LogP contribution in [0.3, 0.4) is 0 Å². The van der Waals surface area contributed by atoms with Gasteiger partial charge in [-0.1, -0.05) is 18.5 Å². The van der Waals surface area contributed by atoms with Crippen LogP contribution in [0.1, 0.15) is 18.3 Å². The van der Waals surface area contributed by atoms with Gasteiger partial charge in [-0.05, 0) is 23.8 Å². The molecule has 0 bridgehead atoms. The van der Waals surface area contributed by atoms with Gasteiger partial charge in [0.05, 0.1) is 5.69 Å². The van der Waals surface area contributed by atoms with Crippen molar-refractivity contribution in [3.63, 3.8) is 0 Å². The van der Waals surface area contributed by atoms with Gasteiger partial charge in [-0.25, -0.2) is 4.98 Å². The molecule has 0 aliphatic rings. The van der Waals surface area contributed by atoms with Crippen molar-refractivity contribution in [1.29, 1.82) is 0 Å². The molecule has 0 spiro atoms. The number of nitrogens with zero attached hydrogens (tertiary/aromatic N) is 2. The highest BCUT2D eigenvalue weighted by molar-refractivity contribution is 6.30. The fourth-order valence-electron chi connectivity index (χ4n) is 1.77. The summed E-state index contributed by atoms with van der Waals surface area (Å²) < 4.78 is 2.05. The molecule has 1 aromatic carbocycles. The van der Waals surface area contributed by atoms with Crippen molar-refractivity contribution < 1.29 is 0 Å². The molecule has 3 nitrogen and oxygen atoms in total. The van der Waals surface area contributed by atoms with Gasteiger partial charge in [0.2, 0.25) is 0 Å². The predicted octanol–water partition coefficient (Wildman–Crippen LogP) is 2.55. The average Bonchev–Trinajstić information content (AvgIpc) is 2.76. The Morgan fingerprint density at radius 3 is 2.94 bits per heavy atom. The summed E-state index contributed by atoms with van der Waals surface area (Å²) in [6.45, 7) is 2.55. The number of nitrogens with two attached hydrogens (primary N) is 1. The summed E-state index contributed by atoms with van der Waals surface area (Å²) in [5.41, 5.74) is 7.81. The fourth-order valence-corrected chi connectivity index (χ4v) is 1.96. The van der Waals surface area contributed by atoms with E-state index < -0.39 is 0 Å². The highest BCUT2D eigenvalue weighted by Crippen LogP contribution is 2.20. The number of rotatable bonds is 3. The van der Waals surface area contributed by atoms with E-state index in [9.17, 15) is 0 Å². The molecule has 0 fully saturated rings. The van der Waals surface area contributed by atoms with Crippen molar-refractivity contribution in [2.45, 2.75) is 19.9 Å². The lowest BCUT2D eigenvalue weighted by Gasteiger charge is -2.11. The van der Waals surface area contributed by atoms with Gasteiger partial charge < -0.3 is 10.3 Å². The number of hydrogen-bond donors (Lipinski definition) is 1. The lowest BCUT2D eigenvalue weighted by molar-refractivity contribution is 0.875. The van der Waals surface area contributed by atoms with E-state index in [0.717, 1.165) is 23.5 Å². The quantitative estimate of drug-likeness (QED) is 0.889. The van der Waals surface area contributed by atoms with Gasteiger partial charge in [-0.3, -0.25) is 0 Å². The number of halogens is 1. The molecule has 84 valence electrons. The molecule has 0 aliphatic heterocycles. The summed E-state index contributed by atoms with van der Waals surface area (Å²) in [6.07, 6.45) is 4.63. The number of aryl methyl sites for hydroxylation is 1. The first-order valence-corrected chi connectivity index (χ1v) is 5.65. The second kappa shape index (κ2) is 4.68. The molecule has 2 aromatic rings. The van der Waals surface area contributed by atoms with E-state index in [1.807, 2.05) is 24.4 Å². The molecular formula is C12H14ClN3. The molecule has 2 rings (SSSR count). The molecular weight excluding hydrogens is 222 g/mol. The van der Waals surface area contributed by atoms with Gasteiger partial charge in [-0.15, -0.1) is 0 Å². The summed E-state index contributed by atoms with van der Waals surface area (Å²) in [7, 11) is 0. The average molecular weight is 236 g/mol. The lowest BCUT2D eigenvalue weighted by Crippen LogP contribution is -2.06. The van der Waals surface area contributed by atoms with Crippen molar-refractivity contribution in [2.75, 3.05) is 0 Å². The minimum atomic E-state index is 0.469. The normalized spacial score (nSPS) is 10.7. The van der Waals surface area contributed by atoms with Crippen LogP contribution in [0.25, 0.3) is 5.69 Å². The molecule has 0 saturated heterocycles. The zero-order valence-electron chi connectivity index (χ0n) is 9.15. The Bertz CT molecular complexity index is 491. The monoisotopic (exact) mass is 235 g/mol. The standard InChI is InChI=1S/C12H14ClN3/c1-2-12-15-5-6-16(12)11-4-3-10(13)7-9(11)8-14/h3-7H,2,8,14H2,1H3. The minimum absolute atomic E-state index is 0.469. The largest absolute Gasteiger partial charge is 0.326 e. The van der Waals surface area contributed by atoms with Crippen molar-refractivity contribution in [3.05, 3.63) is 47.0 Å². The summed E-state index contributed by atoms with van der Waals surface area (Å²) in [5.74, 6) is 1.03. The SMILES string of the molecule is CCc1nccn1-c1ccc(Cl)cc1CN. The van der Waals surface area contributed by atoms with Crippen LogP contribution in [0.2, 0.25) is 5.02 Å². The van der Waals surface area contributed by atoms with Crippen molar-refractivity contribution in [2.24, 2.45) is 5.73 Å². The first-order chi connectivity index (χ1) is 7.76. The molecule has 4 heteroatoms. The third-order valence-corrected chi connectivity index (χ3v) is 2.79. The summed E-state index contributed by atoms with van der Waals surface area (Å²) in [5, 5.41) is 0.711. The van der Waals surface area contributed by atoms with E-state index >= 15 is 0 Å². The Kier molecular flexibility index (Phi) is 3.27. The highest BCUT2D eigenvalue weighted by atomic mass is 35.5. The molecule has 0 amide bonds. The van der Waals surface area contributed by atoms with E-state index in [2.05, 4.69) is 16.5 Å². The molecule has 0 saturated carbocycles. The molecule has 1 heterocycles. The van der Waals surface area contributed by atoms with Crippen LogP contribution in [0.5, 0.6) is 0 Å². The fraction of sp³-hybridized carbons (Fsp3) is 0.250. The Morgan fingerprint density at radius 2 is 2.25 bits per heavy atom. The minimum Gasteiger partial charge on any atom is -0.326 e. The van der Waals surface area contributed by atoms with Crippen LogP contribution in [0, 0.1) is 0 Å². The molecule has 0 atom stereocenters. The van der Waals surface area contributed by atoms with Crippen molar-refractivity contribution in [1.82, 2.24) is 9.55 Å². The molecule has 0 aliphatic carbocycles. The van der Waals surface area contributed by atoms with Gasteiger partial charge in [0, 0.05) is 30.4 Å². The van der Waals surface area contributed by atoms with Gasteiger partial charge in [0.15, 0.2) is 0 Å². The van der Waals surface area contributed by atoms with E-state index in [0.29, 0.717) is 11.6 Å². The van der Waals surface area contributed by atoms with Crippen LogP contribution >= 0.6 is 11.6 Å². The zero-order chi connectivity index (χ0) is 11.5. The zero-order valence-corrected chi connectivity index (χ0v) is 9.91. The van der Waals surface area contributed by atoms with E-state index in [4.69, 9.17) is 17.3 Å². The summed E-state index contributed by atoms with van der Waals surface area (Å²) in [4.78, 5) is 4.30. The number of imidazole rings is 1. The van der Waals surface area contributed by atoms with E-state index in [-0.39, 0.29) is 0 Å². The van der Waals surface area contributed by atoms with Gasteiger partial charge in [0.1, 0.15) is 5.82 Å². The Labute approximate surface area is 99.9 Å². The second-order valence-electron chi connectivity index (χ2n) is 3.54. The highest BCUT2D eigenvalue weighted by Gasteiger charge is 2.07. The topological polar surface area (TPSA) is 43.8 Å². The van der Waals surface area contributed by atoms with Crippen LogP contribution in [-0.4, -0.2) is 9.55 Å². The Balaban J connectivity index is 2.55. The van der Waals surface area contributed by atoms with Crippen LogP contribution < -0.4 is 5.73 Å². The lowest BCUT2D eigenvalue weighted by atomic mass is 10.1. The third kappa shape index (κ3) is 1.96. The van der Waals surface area contributed by atoms with Gasteiger partial charge >= 0.3 is 0 Å². The van der Waals surface area contributed by atoms with Crippen molar-refractivity contribution >= 4 is 11.6 Å². The maximum atomic E-state index is 5.95. The van der Waals surface area contributed by atoms with Gasteiger partial charge in [-0.2, -0.15) is 0 Å². The number of hydrogen-bond acceptors (Lipinski definition) is 2. The van der Waals surface area contributed by atoms with Crippen LogP contribution in [-0.2, 0) is 13.0 Å². The summed E-state index contributed by atoms with van der Waals surface area (Å²) in [6, 6.07) is 5.75. The van der Waals surface area contributed by atoms with E-state index in [1.54, 1.807) is 6.20 Å². The van der Waals surface area contributed by atoms with Crippen molar-refractivity contribution in [3.8, 4) is 5.69 Å².